The van der Waals surface area contributed by atoms with Crippen LogP contribution in [0.5, 0.6) is 0 Å². The van der Waals surface area contributed by atoms with Crippen molar-refractivity contribution >= 4 is 57.0 Å². The summed E-state index contributed by atoms with van der Waals surface area (Å²) in [5, 5.41) is 7.14. The van der Waals surface area contributed by atoms with Crippen molar-refractivity contribution in [1.29, 1.82) is 0 Å². The zero-order valence-corrected chi connectivity index (χ0v) is 22.4. The van der Waals surface area contributed by atoms with E-state index in [9.17, 15) is 0 Å². The van der Waals surface area contributed by atoms with Gasteiger partial charge in [-0.15, -0.1) is 0 Å². The number of pyridine rings is 1. The van der Waals surface area contributed by atoms with Gasteiger partial charge in [-0.05, 0) is 62.9 Å². The van der Waals surface area contributed by atoms with Crippen molar-refractivity contribution < 1.29 is 4.42 Å². The molecule has 0 spiro atoms. The van der Waals surface area contributed by atoms with Gasteiger partial charge in [0.05, 0.1) is 19.3 Å². The Morgan fingerprint density at radius 2 is 1.54 bits per heavy atom. The smallest absolute Gasteiger partial charge is 0.227 e. The van der Waals surface area contributed by atoms with E-state index < -0.39 is 8.07 Å². The van der Waals surface area contributed by atoms with Crippen molar-refractivity contribution in [3.63, 3.8) is 0 Å². The van der Waals surface area contributed by atoms with E-state index in [1.807, 2.05) is 19.9 Å². The van der Waals surface area contributed by atoms with Crippen molar-refractivity contribution in [2.75, 3.05) is 0 Å². The summed E-state index contributed by atoms with van der Waals surface area (Å²) in [6.07, 6.45) is 0. The summed E-state index contributed by atoms with van der Waals surface area (Å²) in [7, 11) is -1.54. The molecule has 3 heterocycles. The molecule has 4 nitrogen and oxygen atoms in total. The average Bonchev–Trinajstić information content (AvgIpc) is 3.14. The van der Waals surface area contributed by atoms with E-state index in [4.69, 9.17) is 14.4 Å². The molecule has 0 atom stereocenters. The van der Waals surface area contributed by atoms with Crippen LogP contribution in [0.1, 0.15) is 22.6 Å². The monoisotopic (exact) mass is 475 g/mol. The Morgan fingerprint density at radius 3 is 2.31 bits per heavy atom. The largest absolute Gasteiger partial charge is 0.437 e. The second kappa shape index (κ2) is 7.46. The first-order valence-corrected chi connectivity index (χ1v) is 15.6. The highest BCUT2D eigenvalue weighted by Gasteiger charge is 2.24. The molecular formula is C30H29N3OSi. The summed E-state index contributed by atoms with van der Waals surface area (Å²) in [5.74, 6) is 0.761. The molecule has 174 valence electrons. The molecule has 5 heteroatoms. The lowest BCUT2D eigenvalue weighted by Crippen LogP contribution is -2.41. The first kappa shape index (κ1) is 21.9. The lowest BCUT2D eigenvalue weighted by Gasteiger charge is -2.24. The maximum absolute atomic E-state index is 6.33. The van der Waals surface area contributed by atoms with Crippen molar-refractivity contribution in [2.24, 2.45) is 0 Å². The molecule has 0 saturated carbocycles. The van der Waals surface area contributed by atoms with Crippen molar-refractivity contribution in [2.45, 2.75) is 47.3 Å². The van der Waals surface area contributed by atoms with Crippen molar-refractivity contribution in [3.05, 3.63) is 71.2 Å². The number of para-hydroxylation sites is 1. The lowest BCUT2D eigenvalue weighted by atomic mass is 9.96. The third-order valence-electron chi connectivity index (χ3n) is 7.04. The Balaban J connectivity index is 1.74. The van der Waals surface area contributed by atoms with Crippen LogP contribution in [0.4, 0.5) is 0 Å². The molecule has 0 aliphatic carbocycles. The van der Waals surface area contributed by atoms with Crippen LogP contribution in [0.2, 0.25) is 19.6 Å². The number of furan rings is 1. The second-order valence-electron chi connectivity index (χ2n) is 10.7. The number of benzene rings is 3. The van der Waals surface area contributed by atoms with E-state index >= 15 is 0 Å². The van der Waals surface area contributed by atoms with Crippen LogP contribution in [-0.2, 0) is 0 Å². The molecule has 0 aliphatic heterocycles. The number of fused-ring (bicyclic) bond motifs is 6. The molecule has 0 unspecified atom stereocenters. The van der Waals surface area contributed by atoms with Crippen LogP contribution in [-0.4, -0.2) is 23.0 Å². The van der Waals surface area contributed by atoms with Gasteiger partial charge in [-0.25, -0.2) is 15.0 Å². The number of nitrogens with zero attached hydrogens (tertiary/aromatic N) is 3. The minimum absolute atomic E-state index is 0.666. The summed E-state index contributed by atoms with van der Waals surface area (Å²) in [6, 6.07) is 17.1. The molecule has 0 bridgehead atoms. The number of aromatic nitrogens is 3. The SMILES string of the molecule is Cc1ccc2c(n1)oc1c(-c3nc(C)nc4c3ccc3cc(C)c([Si](C)(C)C)c(C)c34)cccc12. The third kappa shape index (κ3) is 3.29. The van der Waals surface area contributed by atoms with Crippen LogP contribution >= 0.6 is 0 Å². The van der Waals surface area contributed by atoms with Crippen LogP contribution in [0.15, 0.2) is 52.9 Å². The average molecular weight is 476 g/mol. The summed E-state index contributed by atoms with van der Waals surface area (Å²) < 4.78 is 6.33. The molecule has 6 rings (SSSR count). The van der Waals surface area contributed by atoms with Gasteiger partial charge < -0.3 is 4.42 Å². The number of hydrogen-bond donors (Lipinski definition) is 0. The number of hydrogen-bond acceptors (Lipinski definition) is 4. The highest BCUT2D eigenvalue weighted by atomic mass is 28.3. The van der Waals surface area contributed by atoms with Gasteiger partial charge in [-0.1, -0.05) is 54.7 Å². The molecule has 0 N–H and O–H groups in total. The van der Waals surface area contributed by atoms with E-state index in [0.29, 0.717) is 5.71 Å². The predicted octanol–water partition coefficient (Wildman–Crippen LogP) is 7.52. The van der Waals surface area contributed by atoms with E-state index in [1.165, 1.54) is 27.1 Å². The Bertz CT molecular complexity index is 1830. The molecule has 0 saturated heterocycles. The van der Waals surface area contributed by atoms with Crippen molar-refractivity contribution in [1.82, 2.24) is 15.0 Å². The molecule has 0 aliphatic rings. The molecular weight excluding hydrogens is 446 g/mol. The summed E-state index contributed by atoms with van der Waals surface area (Å²) in [5.41, 5.74) is 8.07. The molecule has 3 aromatic carbocycles. The minimum atomic E-state index is -1.54. The Labute approximate surface area is 206 Å². The van der Waals surface area contributed by atoms with E-state index in [2.05, 4.69) is 80.9 Å². The topological polar surface area (TPSA) is 51.8 Å². The van der Waals surface area contributed by atoms with Crippen LogP contribution < -0.4 is 5.19 Å². The first-order chi connectivity index (χ1) is 16.6. The second-order valence-corrected chi connectivity index (χ2v) is 15.7. The van der Waals surface area contributed by atoms with Gasteiger partial charge in [0.15, 0.2) is 0 Å². The fourth-order valence-corrected chi connectivity index (χ4v) is 8.39. The molecule has 3 aromatic heterocycles. The quantitative estimate of drug-likeness (QED) is 0.192. The number of rotatable bonds is 2. The summed E-state index contributed by atoms with van der Waals surface area (Å²) in [4.78, 5) is 14.6. The normalized spacial score (nSPS) is 12.4. The van der Waals surface area contributed by atoms with Gasteiger partial charge in [0, 0.05) is 32.8 Å². The molecule has 35 heavy (non-hydrogen) atoms. The molecule has 0 amide bonds. The van der Waals surface area contributed by atoms with Gasteiger partial charge in [-0.3, -0.25) is 0 Å². The lowest BCUT2D eigenvalue weighted by molar-refractivity contribution is 0.653. The zero-order valence-electron chi connectivity index (χ0n) is 21.4. The Hall–Kier alpha value is -3.57. The Kier molecular flexibility index (Phi) is 4.67. The highest BCUT2D eigenvalue weighted by molar-refractivity contribution is 6.89. The molecule has 0 radical (unpaired) electrons. The van der Waals surface area contributed by atoms with Crippen LogP contribution in [0.25, 0.3) is 55.0 Å². The Morgan fingerprint density at radius 1 is 0.771 bits per heavy atom. The van der Waals surface area contributed by atoms with Crippen LogP contribution in [0, 0.1) is 27.7 Å². The van der Waals surface area contributed by atoms with Crippen LogP contribution in [0.3, 0.4) is 0 Å². The van der Waals surface area contributed by atoms with Gasteiger partial charge in [0.2, 0.25) is 5.71 Å². The van der Waals surface area contributed by atoms with E-state index in [0.717, 1.165) is 50.0 Å². The van der Waals surface area contributed by atoms with Gasteiger partial charge in [0.1, 0.15) is 11.4 Å². The van der Waals surface area contributed by atoms with Gasteiger partial charge in [-0.2, -0.15) is 0 Å². The zero-order chi connectivity index (χ0) is 24.6. The summed E-state index contributed by atoms with van der Waals surface area (Å²) >= 11 is 0. The first-order valence-electron chi connectivity index (χ1n) is 12.1. The van der Waals surface area contributed by atoms with E-state index in [1.54, 1.807) is 0 Å². The van der Waals surface area contributed by atoms with E-state index in [-0.39, 0.29) is 0 Å². The molecule has 0 fully saturated rings. The maximum atomic E-state index is 6.33. The minimum Gasteiger partial charge on any atom is -0.437 e. The van der Waals surface area contributed by atoms with Gasteiger partial charge in [0.25, 0.3) is 0 Å². The summed E-state index contributed by atoms with van der Waals surface area (Å²) in [6.45, 7) is 15.7. The highest BCUT2D eigenvalue weighted by Crippen LogP contribution is 2.39. The molecule has 6 aromatic rings. The van der Waals surface area contributed by atoms with Crippen molar-refractivity contribution in [3.8, 4) is 11.3 Å². The fourth-order valence-electron chi connectivity index (χ4n) is 5.88. The predicted molar refractivity (Wildman–Crippen MR) is 149 cm³/mol. The fraction of sp³-hybridized carbons (Fsp3) is 0.233. The maximum Gasteiger partial charge on any atom is 0.227 e. The third-order valence-corrected chi connectivity index (χ3v) is 9.31. The number of aryl methyl sites for hydroxylation is 4. The van der Waals surface area contributed by atoms with Gasteiger partial charge >= 0.3 is 0 Å². The standard InChI is InChI=1S/C30H29N3OSi/c1-16-15-20-12-14-23-26(32-19(4)33-27(23)25(20)18(3)29(16)35(5,6)7)24-10-8-9-21-22-13-11-17(2)31-30(22)34-28(21)24/h8-15H,1-7H3.